The molecule has 0 spiro atoms. The van der Waals surface area contributed by atoms with E-state index in [0.29, 0.717) is 11.6 Å². The van der Waals surface area contributed by atoms with Gasteiger partial charge in [0, 0.05) is 11.4 Å². The van der Waals surface area contributed by atoms with Crippen LogP contribution >= 0.6 is 0 Å². The summed E-state index contributed by atoms with van der Waals surface area (Å²) in [6.45, 7) is 6.05. The van der Waals surface area contributed by atoms with Gasteiger partial charge in [0.1, 0.15) is 11.9 Å². The van der Waals surface area contributed by atoms with Gasteiger partial charge in [-0.05, 0) is 54.8 Å². The minimum Gasteiger partial charge on any atom is -0.374 e. The highest BCUT2D eigenvalue weighted by molar-refractivity contribution is 5.96. The Balaban J connectivity index is 1.99. The van der Waals surface area contributed by atoms with E-state index in [2.05, 4.69) is 30.5 Å². The summed E-state index contributed by atoms with van der Waals surface area (Å²) in [5.41, 5.74) is 2.71. The molecule has 2 aromatic carbocycles. The third kappa shape index (κ3) is 4.32. The van der Waals surface area contributed by atoms with E-state index in [1.807, 2.05) is 18.2 Å². The van der Waals surface area contributed by atoms with Crippen LogP contribution in [0.15, 0.2) is 48.5 Å². The predicted octanol–water partition coefficient (Wildman–Crippen LogP) is 4.39. The number of hydrogen-bond donors (Lipinski definition) is 2. The number of rotatable bonds is 5. The van der Waals surface area contributed by atoms with Gasteiger partial charge in [-0.15, -0.1) is 0 Å². The van der Waals surface area contributed by atoms with Crippen molar-refractivity contribution in [3.05, 3.63) is 59.9 Å². The van der Waals surface area contributed by atoms with Crippen molar-refractivity contribution >= 4 is 17.3 Å². The van der Waals surface area contributed by atoms with Gasteiger partial charge in [0.25, 0.3) is 0 Å². The molecule has 1 atom stereocenters. The first-order chi connectivity index (χ1) is 10.5. The number of amides is 1. The van der Waals surface area contributed by atoms with E-state index in [9.17, 15) is 9.18 Å². The molecule has 0 saturated heterocycles. The van der Waals surface area contributed by atoms with Crippen LogP contribution in [0.4, 0.5) is 15.8 Å². The van der Waals surface area contributed by atoms with Crippen LogP contribution in [0.25, 0.3) is 0 Å². The van der Waals surface area contributed by atoms with Gasteiger partial charge >= 0.3 is 0 Å². The Kier molecular flexibility index (Phi) is 5.15. The van der Waals surface area contributed by atoms with Crippen molar-refractivity contribution in [2.45, 2.75) is 32.7 Å². The van der Waals surface area contributed by atoms with E-state index in [0.717, 1.165) is 5.69 Å². The molecule has 0 heterocycles. The highest BCUT2D eigenvalue weighted by atomic mass is 19.1. The maximum absolute atomic E-state index is 12.8. The molecule has 0 unspecified atom stereocenters. The number of halogens is 1. The topological polar surface area (TPSA) is 41.1 Å². The van der Waals surface area contributed by atoms with Crippen molar-refractivity contribution in [3.63, 3.8) is 0 Å². The summed E-state index contributed by atoms with van der Waals surface area (Å²) in [6.07, 6.45) is 0. The van der Waals surface area contributed by atoms with Gasteiger partial charge in [-0.3, -0.25) is 4.79 Å². The van der Waals surface area contributed by atoms with E-state index >= 15 is 0 Å². The lowest BCUT2D eigenvalue weighted by Crippen LogP contribution is -2.31. The largest absolute Gasteiger partial charge is 0.374 e. The lowest BCUT2D eigenvalue weighted by molar-refractivity contribution is -0.116. The summed E-state index contributed by atoms with van der Waals surface area (Å²) in [4.78, 5) is 12.2. The monoisotopic (exact) mass is 300 g/mol. The first kappa shape index (κ1) is 16.0. The van der Waals surface area contributed by atoms with Gasteiger partial charge in [-0.1, -0.05) is 26.0 Å². The van der Waals surface area contributed by atoms with Crippen LogP contribution in [-0.4, -0.2) is 11.9 Å². The summed E-state index contributed by atoms with van der Waals surface area (Å²) < 4.78 is 12.8. The molecule has 1 amide bonds. The zero-order chi connectivity index (χ0) is 16.1. The van der Waals surface area contributed by atoms with Crippen molar-refractivity contribution in [3.8, 4) is 0 Å². The molecule has 22 heavy (non-hydrogen) atoms. The van der Waals surface area contributed by atoms with Gasteiger partial charge in [0.15, 0.2) is 0 Å². The van der Waals surface area contributed by atoms with Gasteiger partial charge < -0.3 is 10.6 Å². The summed E-state index contributed by atoms with van der Waals surface area (Å²) >= 11 is 0. The van der Waals surface area contributed by atoms with Gasteiger partial charge in [0.2, 0.25) is 5.91 Å². The fourth-order valence-corrected chi connectivity index (χ4v) is 2.09. The number of hydrogen-bond acceptors (Lipinski definition) is 2. The van der Waals surface area contributed by atoms with E-state index in [1.54, 1.807) is 19.1 Å². The van der Waals surface area contributed by atoms with Crippen molar-refractivity contribution in [2.24, 2.45) is 0 Å². The summed E-state index contributed by atoms with van der Waals surface area (Å²) in [7, 11) is 0. The van der Waals surface area contributed by atoms with Crippen molar-refractivity contribution in [1.29, 1.82) is 0 Å². The van der Waals surface area contributed by atoms with E-state index in [-0.39, 0.29) is 11.7 Å². The van der Waals surface area contributed by atoms with Crippen molar-refractivity contribution in [1.82, 2.24) is 0 Å². The van der Waals surface area contributed by atoms with Crippen LogP contribution < -0.4 is 10.6 Å². The molecule has 0 aliphatic heterocycles. The molecule has 0 saturated carbocycles. The zero-order valence-corrected chi connectivity index (χ0v) is 13.1. The highest BCUT2D eigenvalue weighted by Crippen LogP contribution is 2.19. The summed E-state index contributed by atoms with van der Waals surface area (Å²) in [6, 6.07) is 13.4. The molecule has 116 valence electrons. The molecular weight excluding hydrogens is 279 g/mol. The predicted molar refractivity (Wildman–Crippen MR) is 88.6 cm³/mol. The second-order valence-electron chi connectivity index (χ2n) is 5.64. The fourth-order valence-electron chi connectivity index (χ4n) is 2.09. The molecule has 0 aliphatic rings. The van der Waals surface area contributed by atoms with Crippen LogP contribution in [0.1, 0.15) is 32.3 Å². The number of carbonyl (C=O) groups is 1. The second-order valence-corrected chi connectivity index (χ2v) is 5.64. The van der Waals surface area contributed by atoms with Gasteiger partial charge in [-0.2, -0.15) is 0 Å². The lowest BCUT2D eigenvalue weighted by Gasteiger charge is -2.16. The third-order valence-electron chi connectivity index (χ3n) is 3.44. The Morgan fingerprint density at radius 2 is 1.68 bits per heavy atom. The molecule has 2 rings (SSSR count). The average Bonchev–Trinajstić information content (AvgIpc) is 2.49. The summed E-state index contributed by atoms with van der Waals surface area (Å²) in [5, 5.41) is 5.94. The van der Waals surface area contributed by atoms with Crippen LogP contribution in [0, 0.1) is 5.82 Å². The molecule has 0 aromatic heterocycles. The van der Waals surface area contributed by atoms with Gasteiger partial charge in [0.05, 0.1) is 0 Å². The average molecular weight is 300 g/mol. The SMILES string of the molecule is CC(C)c1cccc(N[C@H](C)C(=O)Nc2ccc(F)cc2)c1. The zero-order valence-electron chi connectivity index (χ0n) is 13.1. The molecule has 0 bridgehead atoms. The lowest BCUT2D eigenvalue weighted by atomic mass is 10.0. The molecule has 2 aromatic rings. The first-order valence-electron chi connectivity index (χ1n) is 7.38. The van der Waals surface area contributed by atoms with Crippen LogP contribution in [-0.2, 0) is 4.79 Å². The number of anilines is 2. The van der Waals surface area contributed by atoms with E-state index in [4.69, 9.17) is 0 Å². The first-order valence-corrected chi connectivity index (χ1v) is 7.38. The minimum atomic E-state index is -0.396. The van der Waals surface area contributed by atoms with Crippen LogP contribution in [0.5, 0.6) is 0 Å². The maximum atomic E-state index is 12.8. The van der Waals surface area contributed by atoms with Crippen LogP contribution in [0.2, 0.25) is 0 Å². The standard InChI is InChI=1S/C18H21FN2O/c1-12(2)14-5-4-6-17(11-14)20-13(3)18(22)21-16-9-7-15(19)8-10-16/h4-13,20H,1-3H3,(H,21,22)/t13-/m1/s1. The molecule has 0 aliphatic carbocycles. The maximum Gasteiger partial charge on any atom is 0.246 e. The van der Waals surface area contributed by atoms with Crippen LogP contribution in [0.3, 0.4) is 0 Å². The van der Waals surface area contributed by atoms with Crippen molar-refractivity contribution < 1.29 is 9.18 Å². The van der Waals surface area contributed by atoms with E-state index < -0.39 is 6.04 Å². The Morgan fingerprint density at radius 1 is 1.00 bits per heavy atom. The fraction of sp³-hybridized carbons (Fsp3) is 0.278. The quantitative estimate of drug-likeness (QED) is 0.860. The number of carbonyl (C=O) groups excluding carboxylic acids is 1. The highest BCUT2D eigenvalue weighted by Gasteiger charge is 2.13. The number of benzene rings is 2. The second kappa shape index (κ2) is 7.07. The molecule has 0 fully saturated rings. The smallest absolute Gasteiger partial charge is 0.246 e. The Labute approximate surface area is 130 Å². The number of nitrogens with one attached hydrogen (secondary N) is 2. The molecule has 2 N–H and O–H groups in total. The Bertz CT molecular complexity index is 638. The molecule has 0 radical (unpaired) electrons. The van der Waals surface area contributed by atoms with Gasteiger partial charge in [-0.25, -0.2) is 4.39 Å². The molecular formula is C18H21FN2O. The molecule has 4 heteroatoms. The molecule has 3 nitrogen and oxygen atoms in total. The van der Waals surface area contributed by atoms with Crippen molar-refractivity contribution in [2.75, 3.05) is 10.6 Å². The normalized spacial score (nSPS) is 12.0. The Morgan fingerprint density at radius 3 is 2.32 bits per heavy atom. The minimum absolute atomic E-state index is 0.165. The van der Waals surface area contributed by atoms with E-state index in [1.165, 1.54) is 17.7 Å². The summed E-state index contributed by atoms with van der Waals surface area (Å²) in [5.74, 6) is -0.0543. The third-order valence-corrected chi connectivity index (χ3v) is 3.44. The Hall–Kier alpha value is -2.36.